The van der Waals surface area contributed by atoms with Gasteiger partial charge >= 0.3 is 12.1 Å². The van der Waals surface area contributed by atoms with Crippen molar-refractivity contribution in [1.82, 2.24) is 29.9 Å². The third kappa shape index (κ3) is 5.66. The van der Waals surface area contributed by atoms with E-state index < -0.39 is 23.8 Å². The largest absolute Gasteiger partial charge is 0.489 e. The van der Waals surface area contributed by atoms with E-state index in [0.717, 1.165) is 25.1 Å². The number of nitrogens with zero attached hydrogens (tertiary/aromatic N) is 6. The van der Waals surface area contributed by atoms with Gasteiger partial charge in [0.1, 0.15) is 17.1 Å². The first-order valence-electron chi connectivity index (χ1n) is 11.0. The van der Waals surface area contributed by atoms with Crippen molar-refractivity contribution in [3.05, 3.63) is 41.5 Å². The topological polar surface area (TPSA) is 128 Å². The highest BCUT2D eigenvalue weighted by Crippen LogP contribution is 2.31. The number of carboxylic acids is 1. The zero-order chi connectivity index (χ0) is 25.2. The number of alkyl halides is 3. The van der Waals surface area contributed by atoms with Crippen molar-refractivity contribution in [3.63, 3.8) is 0 Å². The molecule has 3 heterocycles. The minimum Gasteiger partial charge on any atom is -0.489 e. The molecule has 10 nitrogen and oxygen atoms in total. The van der Waals surface area contributed by atoms with Crippen molar-refractivity contribution < 1.29 is 27.8 Å². The first kappa shape index (κ1) is 24.4. The molecule has 0 saturated heterocycles. The molecule has 2 atom stereocenters. The molecule has 2 N–H and O–H groups in total. The lowest BCUT2D eigenvalue weighted by molar-refractivity contribution is -0.144. The van der Waals surface area contributed by atoms with Gasteiger partial charge in [-0.1, -0.05) is 5.21 Å². The fraction of sp³-hybridized carbons (Fsp3) is 0.455. The molecule has 35 heavy (non-hydrogen) atoms. The molecule has 4 rings (SSSR count). The minimum absolute atomic E-state index is 0.0672. The van der Waals surface area contributed by atoms with Crippen LogP contribution in [0.2, 0.25) is 0 Å². The molecule has 1 saturated carbocycles. The lowest BCUT2D eigenvalue weighted by Gasteiger charge is -2.27. The number of aliphatic carboxylic acids is 1. The fourth-order valence-corrected chi connectivity index (χ4v) is 4.00. The van der Waals surface area contributed by atoms with Crippen LogP contribution in [0.1, 0.15) is 42.8 Å². The van der Waals surface area contributed by atoms with Crippen LogP contribution in [0.15, 0.2) is 24.4 Å². The van der Waals surface area contributed by atoms with Crippen molar-refractivity contribution in [2.24, 2.45) is 13.0 Å². The predicted octanol–water partition coefficient (Wildman–Crippen LogP) is 3.63. The number of aryl methyl sites for hydroxylation is 2. The third-order valence-electron chi connectivity index (χ3n) is 5.85. The molecule has 1 fully saturated rings. The summed E-state index contributed by atoms with van der Waals surface area (Å²) in [6, 6.07) is 4.27. The summed E-state index contributed by atoms with van der Waals surface area (Å²) in [5.41, 5.74) is 1.09. The summed E-state index contributed by atoms with van der Waals surface area (Å²) in [5, 5.41) is 20.2. The van der Waals surface area contributed by atoms with Crippen molar-refractivity contribution in [3.8, 4) is 17.1 Å². The van der Waals surface area contributed by atoms with Crippen LogP contribution in [0.4, 0.5) is 19.1 Å². The van der Waals surface area contributed by atoms with Gasteiger partial charge < -0.3 is 15.2 Å². The van der Waals surface area contributed by atoms with E-state index in [1.165, 1.54) is 4.68 Å². The molecule has 0 spiro atoms. The number of carboxylic acid groups (broad SMARTS) is 1. The van der Waals surface area contributed by atoms with Gasteiger partial charge in [0, 0.05) is 13.2 Å². The van der Waals surface area contributed by atoms with Gasteiger partial charge in [-0.15, -0.1) is 5.10 Å². The van der Waals surface area contributed by atoms with Crippen molar-refractivity contribution >= 4 is 11.9 Å². The maximum atomic E-state index is 12.9. The monoisotopic (exact) mass is 491 g/mol. The molecule has 0 aliphatic heterocycles. The number of hydrogen-bond donors (Lipinski definition) is 2. The van der Waals surface area contributed by atoms with Crippen LogP contribution in [-0.2, 0) is 24.6 Å². The summed E-state index contributed by atoms with van der Waals surface area (Å²) in [6.07, 6.45) is -1.06. The van der Waals surface area contributed by atoms with E-state index in [2.05, 4.69) is 30.6 Å². The van der Waals surface area contributed by atoms with Crippen LogP contribution in [0, 0.1) is 12.8 Å². The molecule has 0 aromatic carbocycles. The molecular weight excluding hydrogens is 467 g/mol. The highest BCUT2D eigenvalue weighted by molar-refractivity contribution is 5.70. The highest BCUT2D eigenvalue weighted by atomic mass is 19.4. The van der Waals surface area contributed by atoms with E-state index in [9.17, 15) is 23.1 Å². The number of anilines is 1. The number of rotatable bonds is 7. The maximum Gasteiger partial charge on any atom is 0.433 e. The Kier molecular flexibility index (Phi) is 6.85. The van der Waals surface area contributed by atoms with Crippen molar-refractivity contribution in [1.29, 1.82) is 0 Å². The second kappa shape index (κ2) is 9.84. The molecule has 1 aliphatic rings. The summed E-state index contributed by atoms with van der Waals surface area (Å²) < 4.78 is 46.3. The van der Waals surface area contributed by atoms with Gasteiger partial charge in [0.15, 0.2) is 0 Å². The van der Waals surface area contributed by atoms with Crippen molar-refractivity contribution in [2.45, 2.75) is 51.4 Å². The lowest BCUT2D eigenvalue weighted by Crippen LogP contribution is -2.29. The van der Waals surface area contributed by atoms with Crippen LogP contribution in [-0.4, -0.2) is 47.1 Å². The highest BCUT2D eigenvalue weighted by Gasteiger charge is 2.33. The summed E-state index contributed by atoms with van der Waals surface area (Å²) in [6.45, 7) is 1.85. The Hall–Kier alpha value is -3.77. The molecule has 0 amide bonds. The van der Waals surface area contributed by atoms with Gasteiger partial charge in [-0.2, -0.15) is 13.2 Å². The number of pyridine rings is 1. The number of ether oxygens (including phenoxy) is 1. The number of carbonyl (C=O) groups is 1. The Bertz CT molecular complexity index is 1220. The molecule has 186 valence electrons. The average Bonchev–Trinajstić information content (AvgIpc) is 3.19. The fourth-order valence-electron chi connectivity index (χ4n) is 4.00. The van der Waals surface area contributed by atoms with Crippen molar-refractivity contribution in [2.75, 3.05) is 5.32 Å². The number of aromatic nitrogens is 6. The van der Waals surface area contributed by atoms with E-state index in [4.69, 9.17) is 4.74 Å². The first-order valence-corrected chi connectivity index (χ1v) is 11.0. The molecule has 3 aromatic rings. The Morgan fingerprint density at radius 3 is 2.77 bits per heavy atom. The third-order valence-corrected chi connectivity index (χ3v) is 5.85. The maximum absolute atomic E-state index is 12.9. The Morgan fingerprint density at radius 1 is 1.26 bits per heavy atom. The summed E-state index contributed by atoms with van der Waals surface area (Å²) in [4.78, 5) is 23.2. The van der Waals surface area contributed by atoms with Crippen LogP contribution < -0.4 is 10.1 Å². The summed E-state index contributed by atoms with van der Waals surface area (Å²) in [5.74, 6) is -0.822. The molecule has 0 radical (unpaired) electrons. The normalized spacial score (nSPS) is 18.3. The second-order valence-electron chi connectivity index (χ2n) is 8.35. The smallest absolute Gasteiger partial charge is 0.433 e. The van der Waals surface area contributed by atoms with Gasteiger partial charge in [-0.05, 0) is 50.8 Å². The first-order chi connectivity index (χ1) is 16.6. The van der Waals surface area contributed by atoms with E-state index in [1.54, 1.807) is 26.1 Å². The quantitative estimate of drug-likeness (QED) is 0.509. The second-order valence-corrected chi connectivity index (χ2v) is 8.35. The Balaban J connectivity index is 1.49. The lowest BCUT2D eigenvalue weighted by atomic mass is 9.87. The van der Waals surface area contributed by atoms with Gasteiger partial charge in [-0.25, -0.2) is 19.6 Å². The minimum atomic E-state index is -4.57. The van der Waals surface area contributed by atoms with Crippen LogP contribution in [0.25, 0.3) is 11.4 Å². The predicted molar refractivity (Wildman–Crippen MR) is 117 cm³/mol. The molecule has 13 heteroatoms. The standard InChI is InChI=1S/C22H24F3N7O3/c1-12-17(35-14-5-3-4-13(10-14)20(33)34)7-6-15(28-12)19-16(32(2)31-30-19)11-27-21-26-9-8-18(29-21)22(23,24)25/h6-9,13-14H,3-5,10-11H2,1-2H3,(H,33,34)(H,26,27,29)/t13?,14-/m0/s1. The molecule has 1 aliphatic carbocycles. The average molecular weight is 491 g/mol. The zero-order valence-electron chi connectivity index (χ0n) is 19.1. The summed E-state index contributed by atoms with van der Waals surface area (Å²) in [7, 11) is 1.66. The van der Waals surface area contributed by atoms with Crippen LogP contribution in [0.5, 0.6) is 5.75 Å². The van der Waals surface area contributed by atoms with Gasteiger partial charge in [0.2, 0.25) is 5.95 Å². The van der Waals surface area contributed by atoms with Gasteiger partial charge in [0.05, 0.1) is 35.6 Å². The van der Waals surface area contributed by atoms with Gasteiger partial charge in [0.25, 0.3) is 0 Å². The molecule has 3 aromatic heterocycles. The summed E-state index contributed by atoms with van der Waals surface area (Å²) >= 11 is 0. The van der Waals surface area contributed by atoms with E-state index in [-0.39, 0.29) is 18.6 Å². The molecule has 0 bridgehead atoms. The van der Waals surface area contributed by atoms with Gasteiger partial charge in [-0.3, -0.25) is 4.79 Å². The van der Waals surface area contributed by atoms with E-state index >= 15 is 0 Å². The SMILES string of the molecule is Cc1nc(-c2nnn(C)c2CNc2nccc(C(F)(F)F)n2)ccc1O[C@H]1CCCC(C(=O)O)C1. The van der Waals surface area contributed by atoms with Crippen LogP contribution in [0.3, 0.4) is 0 Å². The van der Waals surface area contributed by atoms with E-state index in [1.807, 2.05) is 0 Å². The molecule has 1 unspecified atom stereocenters. The molecular formula is C22H24F3N7O3. The number of hydrogen-bond acceptors (Lipinski definition) is 8. The van der Waals surface area contributed by atoms with E-state index in [0.29, 0.717) is 41.4 Å². The van der Waals surface area contributed by atoms with Crippen LogP contribution >= 0.6 is 0 Å². The zero-order valence-corrected chi connectivity index (χ0v) is 19.1. The Labute approximate surface area is 198 Å². The number of nitrogens with one attached hydrogen (secondary N) is 1. The number of halogens is 3. The Morgan fingerprint density at radius 2 is 2.06 bits per heavy atom.